The SMILES string of the molecule is CCN1C(=O)NC(c2ccc(Cl)cc2Cl)C2=C1CN(C(C)C(=O)NC(c1ccccc1)c1ccccc1)C2=O. The van der Waals surface area contributed by atoms with Gasteiger partial charge in [0, 0.05) is 16.6 Å². The van der Waals surface area contributed by atoms with Crippen LogP contribution >= 0.6 is 23.2 Å². The zero-order valence-electron chi connectivity index (χ0n) is 21.5. The molecule has 0 radical (unpaired) electrons. The van der Waals surface area contributed by atoms with Crippen molar-refractivity contribution in [1.29, 1.82) is 0 Å². The summed E-state index contributed by atoms with van der Waals surface area (Å²) >= 11 is 12.6. The molecule has 4 amide bonds. The standard InChI is InChI=1S/C30H28Cl2N4O3/c1-3-35-24-17-36(29(38)25(24)27(34-30(35)39)22-15-14-21(31)16-23(22)32)18(2)28(37)33-26(19-10-6-4-7-11-19)20-12-8-5-9-13-20/h4-16,18,26-27H,3,17H2,1-2H3,(H,33,37)(H,34,39). The van der Waals surface area contributed by atoms with Crippen LogP contribution in [0.3, 0.4) is 0 Å². The fourth-order valence-electron chi connectivity index (χ4n) is 5.18. The largest absolute Gasteiger partial charge is 0.343 e. The van der Waals surface area contributed by atoms with Crippen LogP contribution in [0.5, 0.6) is 0 Å². The van der Waals surface area contributed by atoms with Crippen molar-refractivity contribution in [1.82, 2.24) is 20.4 Å². The second-order valence-corrected chi connectivity index (χ2v) is 10.4. The lowest BCUT2D eigenvalue weighted by Gasteiger charge is -2.33. The summed E-state index contributed by atoms with van der Waals surface area (Å²) < 4.78 is 0. The highest BCUT2D eigenvalue weighted by Gasteiger charge is 2.46. The summed E-state index contributed by atoms with van der Waals surface area (Å²) in [7, 11) is 0. The molecular weight excluding hydrogens is 535 g/mol. The van der Waals surface area contributed by atoms with E-state index in [1.807, 2.05) is 67.6 Å². The summed E-state index contributed by atoms with van der Waals surface area (Å²) in [5.74, 6) is -0.623. The monoisotopic (exact) mass is 562 g/mol. The lowest BCUT2D eigenvalue weighted by atomic mass is 9.95. The fraction of sp³-hybridized carbons (Fsp3) is 0.233. The molecule has 2 heterocycles. The molecular formula is C30H28Cl2N4O3. The third-order valence-corrected chi connectivity index (χ3v) is 7.80. The number of rotatable bonds is 7. The number of nitrogens with one attached hydrogen (secondary N) is 2. The molecule has 0 spiro atoms. The van der Waals surface area contributed by atoms with Crippen LogP contribution in [0.4, 0.5) is 4.79 Å². The molecule has 3 aromatic rings. The lowest BCUT2D eigenvalue weighted by Crippen LogP contribution is -2.48. The molecule has 0 aromatic heterocycles. The Morgan fingerprint density at radius 1 is 1.00 bits per heavy atom. The van der Waals surface area contributed by atoms with Crippen LogP contribution < -0.4 is 10.6 Å². The molecule has 9 heteroatoms. The Balaban J connectivity index is 1.44. The highest BCUT2D eigenvalue weighted by atomic mass is 35.5. The smallest absolute Gasteiger partial charge is 0.322 e. The van der Waals surface area contributed by atoms with Crippen LogP contribution in [0.25, 0.3) is 0 Å². The Labute approximate surface area is 237 Å². The Morgan fingerprint density at radius 2 is 1.62 bits per heavy atom. The van der Waals surface area contributed by atoms with E-state index in [4.69, 9.17) is 23.2 Å². The van der Waals surface area contributed by atoms with Gasteiger partial charge in [0.05, 0.1) is 29.9 Å². The Morgan fingerprint density at radius 3 is 2.18 bits per heavy atom. The molecule has 39 heavy (non-hydrogen) atoms. The van der Waals surface area contributed by atoms with Gasteiger partial charge in [0.2, 0.25) is 5.91 Å². The van der Waals surface area contributed by atoms with Crippen molar-refractivity contribution in [3.05, 3.63) is 117 Å². The summed E-state index contributed by atoms with van der Waals surface area (Å²) in [5.41, 5.74) is 3.41. The topological polar surface area (TPSA) is 81.8 Å². The average molecular weight is 563 g/mol. The van der Waals surface area contributed by atoms with Crippen LogP contribution in [-0.4, -0.2) is 46.8 Å². The minimum atomic E-state index is -0.798. The second kappa shape index (κ2) is 11.1. The first-order chi connectivity index (χ1) is 18.8. The molecule has 2 unspecified atom stereocenters. The van der Waals surface area contributed by atoms with Gasteiger partial charge in [-0.05, 0) is 42.7 Å². The van der Waals surface area contributed by atoms with Crippen LogP contribution in [0.2, 0.25) is 10.0 Å². The molecule has 0 saturated carbocycles. The van der Waals surface area contributed by atoms with Gasteiger partial charge < -0.3 is 15.5 Å². The van der Waals surface area contributed by atoms with Crippen LogP contribution in [-0.2, 0) is 9.59 Å². The highest BCUT2D eigenvalue weighted by molar-refractivity contribution is 6.35. The number of amides is 4. The average Bonchev–Trinajstić information content (AvgIpc) is 3.28. The summed E-state index contributed by atoms with van der Waals surface area (Å²) in [6.45, 7) is 4.05. The quantitative estimate of drug-likeness (QED) is 0.400. The van der Waals surface area contributed by atoms with E-state index in [-0.39, 0.29) is 24.4 Å². The van der Waals surface area contributed by atoms with Gasteiger partial charge in [-0.15, -0.1) is 0 Å². The number of likely N-dealkylation sites (N-methyl/N-ethyl adjacent to an activating group) is 1. The van der Waals surface area contributed by atoms with E-state index in [1.54, 1.807) is 25.1 Å². The maximum atomic E-state index is 13.9. The molecule has 0 bridgehead atoms. The van der Waals surface area contributed by atoms with Crippen molar-refractivity contribution >= 4 is 41.0 Å². The van der Waals surface area contributed by atoms with E-state index in [2.05, 4.69) is 10.6 Å². The molecule has 2 N–H and O–H groups in total. The van der Waals surface area contributed by atoms with Gasteiger partial charge in [-0.3, -0.25) is 14.5 Å². The van der Waals surface area contributed by atoms with Crippen molar-refractivity contribution in [2.45, 2.75) is 32.0 Å². The molecule has 7 nitrogen and oxygen atoms in total. The van der Waals surface area contributed by atoms with E-state index >= 15 is 0 Å². The predicted octanol–water partition coefficient (Wildman–Crippen LogP) is 5.47. The zero-order valence-corrected chi connectivity index (χ0v) is 23.0. The van der Waals surface area contributed by atoms with Crippen LogP contribution in [0.15, 0.2) is 90.1 Å². The van der Waals surface area contributed by atoms with Gasteiger partial charge in [0.15, 0.2) is 0 Å². The summed E-state index contributed by atoms with van der Waals surface area (Å²) in [4.78, 5) is 43.6. The first kappa shape index (κ1) is 26.8. The number of carbonyl (C=O) groups is 3. The van der Waals surface area contributed by atoms with E-state index in [0.717, 1.165) is 11.1 Å². The second-order valence-electron chi connectivity index (χ2n) is 9.52. The number of nitrogens with zero attached hydrogens (tertiary/aromatic N) is 2. The van der Waals surface area contributed by atoms with Crippen molar-refractivity contribution in [3.63, 3.8) is 0 Å². The van der Waals surface area contributed by atoms with E-state index in [9.17, 15) is 14.4 Å². The maximum Gasteiger partial charge on any atom is 0.322 e. The molecule has 0 saturated heterocycles. The molecule has 2 atom stereocenters. The minimum absolute atomic E-state index is 0.132. The van der Waals surface area contributed by atoms with Gasteiger partial charge >= 0.3 is 6.03 Å². The van der Waals surface area contributed by atoms with Crippen molar-refractivity contribution in [2.24, 2.45) is 0 Å². The van der Waals surface area contributed by atoms with Crippen molar-refractivity contribution in [2.75, 3.05) is 13.1 Å². The number of hydrogen-bond donors (Lipinski definition) is 2. The van der Waals surface area contributed by atoms with Crippen molar-refractivity contribution in [3.8, 4) is 0 Å². The van der Waals surface area contributed by atoms with Gasteiger partial charge in [0.25, 0.3) is 5.91 Å². The minimum Gasteiger partial charge on any atom is -0.343 e. The number of urea groups is 1. The zero-order chi connectivity index (χ0) is 27.7. The third-order valence-electron chi connectivity index (χ3n) is 7.24. The normalized spacial score (nSPS) is 17.8. The molecule has 200 valence electrons. The van der Waals surface area contributed by atoms with Crippen LogP contribution in [0, 0.1) is 0 Å². The molecule has 3 aromatic carbocycles. The van der Waals surface area contributed by atoms with Gasteiger partial charge in [-0.2, -0.15) is 0 Å². The molecule has 0 fully saturated rings. The van der Waals surface area contributed by atoms with Crippen LogP contribution in [0.1, 0.15) is 42.6 Å². The number of carbonyl (C=O) groups excluding carboxylic acids is 3. The van der Waals surface area contributed by atoms with Gasteiger partial charge in [0.1, 0.15) is 6.04 Å². The summed E-state index contributed by atoms with van der Waals surface area (Å²) in [6.07, 6.45) is 0. The number of halogens is 2. The maximum absolute atomic E-state index is 13.9. The first-order valence-electron chi connectivity index (χ1n) is 12.8. The lowest BCUT2D eigenvalue weighted by molar-refractivity contribution is -0.136. The molecule has 5 rings (SSSR count). The Bertz CT molecular complexity index is 1410. The first-order valence-corrected chi connectivity index (χ1v) is 13.5. The van der Waals surface area contributed by atoms with Gasteiger partial charge in [-0.25, -0.2) is 4.79 Å². The highest BCUT2D eigenvalue weighted by Crippen LogP contribution is 2.39. The number of benzene rings is 3. The Hall–Kier alpha value is -3.81. The van der Waals surface area contributed by atoms with E-state index < -0.39 is 18.1 Å². The third kappa shape index (κ3) is 5.12. The van der Waals surface area contributed by atoms with Gasteiger partial charge in [-0.1, -0.05) is 89.9 Å². The fourth-order valence-corrected chi connectivity index (χ4v) is 5.70. The molecule has 2 aliphatic rings. The molecule has 2 aliphatic heterocycles. The van der Waals surface area contributed by atoms with E-state index in [1.165, 1.54) is 9.80 Å². The summed E-state index contributed by atoms with van der Waals surface area (Å²) in [6, 6.07) is 22.1. The summed E-state index contributed by atoms with van der Waals surface area (Å²) in [5, 5.41) is 6.84. The van der Waals surface area contributed by atoms with Crippen molar-refractivity contribution < 1.29 is 14.4 Å². The molecule has 0 aliphatic carbocycles. The van der Waals surface area contributed by atoms with E-state index in [0.29, 0.717) is 33.4 Å². The predicted molar refractivity (Wildman–Crippen MR) is 151 cm³/mol. The number of hydrogen-bond acceptors (Lipinski definition) is 3. The Kier molecular flexibility index (Phi) is 7.64.